The Morgan fingerprint density at radius 2 is 2.04 bits per heavy atom. The van der Waals surface area contributed by atoms with E-state index < -0.39 is 10.0 Å². The first-order chi connectivity index (χ1) is 10.8. The Labute approximate surface area is 138 Å². The van der Waals surface area contributed by atoms with Crippen LogP contribution in [0, 0.1) is 5.92 Å². The van der Waals surface area contributed by atoms with Gasteiger partial charge in [0.25, 0.3) is 0 Å². The summed E-state index contributed by atoms with van der Waals surface area (Å²) >= 11 is 0. The molecule has 3 aliphatic rings. The molecule has 0 spiro atoms. The molecule has 132 valence electrons. The zero-order chi connectivity index (χ0) is 16.7. The molecular formula is C15H26N2O5S. The number of carbonyl (C=O) groups excluding carboxylic acids is 1. The van der Waals surface area contributed by atoms with E-state index in [-0.39, 0.29) is 23.5 Å². The summed E-state index contributed by atoms with van der Waals surface area (Å²) in [6, 6.07) is 0. The minimum atomic E-state index is -3.22. The number of ether oxygens (including phenoxy) is 2. The molecule has 3 rings (SSSR count). The number of hydrogen-bond acceptors (Lipinski definition) is 5. The number of likely N-dealkylation sites (tertiary alicyclic amines) is 1. The molecule has 0 bridgehead atoms. The van der Waals surface area contributed by atoms with Crippen molar-refractivity contribution in [2.75, 3.05) is 46.2 Å². The molecule has 0 aromatic rings. The minimum absolute atomic E-state index is 0.0519. The predicted octanol–water partition coefficient (Wildman–Crippen LogP) is 0.0644. The molecule has 0 aromatic heterocycles. The Kier molecular flexibility index (Phi) is 4.70. The maximum Gasteiger partial charge on any atom is 0.225 e. The van der Waals surface area contributed by atoms with Gasteiger partial charge in [0.15, 0.2) is 0 Å². The van der Waals surface area contributed by atoms with Gasteiger partial charge in [-0.2, -0.15) is 4.31 Å². The lowest BCUT2D eigenvalue weighted by Crippen LogP contribution is -2.45. The number of hydrogen-bond donors (Lipinski definition) is 0. The maximum absolute atomic E-state index is 12.6. The molecule has 0 aromatic carbocycles. The average Bonchev–Trinajstić information content (AvgIpc) is 2.73. The van der Waals surface area contributed by atoms with Crippen LogP contribution in [0.4, 0.5) is 0 Å². The van der Waals surface area contributed by atoms with Gasteiger partial charge in [0.1, 0.15) is 0 Å². The van der Waals surface area contributed by atoms with Crippen LogP contribution in [0.2, 0.25) is 0 Å². The first-order valence-corrected chi connectivity index (χ1v) is 10.1. The van der Waals surface area contributed by atoms with E-state index in [0.29, 0.717) is 39.2 Å². The Hall–Kier alpha value is -0.700. The first kappa shape index (κ1) is 17.1. The molecule has 0 N–H and O–H groups in total. The minimum Gasteiger partial charge on any atom is -0.378 e. The number of amides is 1. The van der Waals surface area contributed by atoms with Crippen LogP contribution in [0.25, 0.3) is 0 Å². The van der Waals surface area contributed by atoms with Gasteiger partial charge in [-0.25, -0.2) is 8.42 Å². The van der Waals surface area contributed by atoms with Crippen molar-refractivity contribution in [1.82, 2.24) is 9.21 Å². The maximum atomic E-state index is 12.6. The van der Waals surface area contributed by atoms with Gasteiger partial charge in [0.2, 0.25) is 15.9 Å². The molecule has 1 saturated carbocycles. The van der Waals surface area contributed by atoms with Crippen LogP contribution in [0.1, 0.15) is 25.7 Å². The van der Waals surface area contributed by atoms with Crippen LogP contribution >= 0.6 is 0 Å². The number of sulfonamides is 1. The normalized spacial score (nSPS) is 31.3. The highest BCUT2D eigenvalue weighted by Crippen LogP contribution is 2.39. The molecule has 3 fully saturated rings. The number of carbonyl (C=O) groups is 1. The van der Waals surface area contributed by atoms with Crippen molar-refractivity contribution in [3.8, 4) is 0 Å². The topological polar surface area (TPSA) is 76.2 Å². The Balaban J connectivity index is 1.62. The van der Waals surface area contributed by atoms with Gasteiger partial charge in [0, 0.05) is 39.2 Å². The standard InChI is InChI=1S/C15H26N2O5S/c1-21-15(4-3-5-15)8-14(18)16-9-12-10-17(23(2,19)20)6-7-22-13(12)11-16/h12-13H,3-11H2,1-2H3/t12-,13-/m1/s1. The third kappa shape index (κ3) is 3.55. The molecule has 2 aliphatic heterocycles. The number of nitrogens with zero attached hydrogens (tertiary/aromatic N) is 2. The first-order valence-electron chi connectivity index (χ1n) is 8.23. The summed E-state index contributed by atoms with van der Waals surface area (Å²) in [6.07, 6.45) is 4.56. The van der Waals surface area contributed by atoms with E-state index >= 15 is 0 Å². The SMILES string of the molecule is COC1(CC(=O)N2C[C@@H]3CN(S(C)(=O)=O)CCO[C@@H]3C2)CCC1. The van der Waals surface area contributed by atoms with E-state index in [1.165, 1.54) is 10.6 Å². The molecule has 1 aliphatic carbocycles. The zero-order valence-electron chi connectivity index (χ0n) is 13.9. The zero-order valence-corrected chi connectivity index (χ0v) is 14.7. The van der Waals surface area contributed by atoms with Gasteiger partial charge in [-0.05, 0) is 19.3 Å². The van der Waals surface area contributed by atoms with Crippen LogP contribution in [-0.2, 0) is 24.3 Å². The molecule has 8 heteroatoms. The van der Waals surface area contributed by atoms with E-state index in [1.807, 2.05) is 4.90 Å². The summed E-state index contributed by atoms with van der Waals surface area (Å²) in [7, 11) is -1.55. The highest BCUT2D eigenvalue weighted by Gasteiger charge is 2.44. The second kappa shape index (κ2) is 6.31. The van der Waals surface area contributed by atoms with Crippen molar-refractivity contribution in [1.29, 1.82) is 0 Å². The molecule has 0 unspecified atom stereocenters. The van der Waals surface area contributed by atoms with Crippen LogP contribution in [0.3, 0.4) is 0 Å². The molecular weight excluding hydrogens is 320 g/mol. The molecule has 2 saturated heterocycles. The smallest absolute Gasteiger partial charge is 0.225 e. The summed E-state index contributed by atoms with van der Waals surface area (Å²) in [4.78, 5) is 14.4. The van der Waals surface area contributed by atoms with Crippen molar-refractivity contribution < 1.29 is 22.7 Å². The monoisotopic (exact) mass is 346 g/mol. The van der Waals surface area contributed by atoms with Crippen molar-refractivity contribution in [2.24, 2.45) is 5.92 Å². The van der Waals surface area contributed by atoms with Gasteiger partial charge in [-0.15, -0.1) is 0 Å². The molecule has 2 heterocycles. The van der Waals surface area contributed by atoms with Crippen molar-refractivity contribution in [3.05, 3.63) is 0 Å². The van der Waals surface area contributed by atoms with Crippen LogP contribution in [0.5, 0.6) is 0 Å². The summed E-state index contributed by atoms with van der Waals surface area (Å²) in [6.45, 7) is 2.34. The second-order valence-electron chi connectivity index (χ2n) is 7.01. The Morgan fingerprint density at radius 1 is 1.30 bits per heavy atom. The van der Waals surface area contributed by atoms with Gasteiger partial charge in [-0.1, -0.05) is 0 Å². The van der Waals surface area contributed by atoms with Crippen LogP contribution in [-0.4, -0.2) is 81.4 Å². The summed E-state index contributed by atoms with van der Waals surface area (Å²) in [5, 5.41) is 0. The number of methoxy groups -OCH3 is 1. The lowest BCUT2D eigenvalue weighted by Gasteiger charge is -2.40. The largest absolute Gasteiger partial charge is 0.378 e. The van der Waals surface area contributed by atoms with Gasteiger partial charge in [0.05, 0.1) is 31.0 Å². The van der Waals surface area contributed by atoms with Gasteiger partial charge < -0.3 is 14.4 Å². The van der Waals surface area contributed by atoms with Crippen molar-refractivity contribution in [3.63, 3.8) is 0 Å². The van der Waals surface area contributed by atoms with E-state index in [4.69, 9.17) is 9.47 Å². The molecule has 7 nitrogen and oxygen atoms in total. The summed E-state index contributed by atoms with van der Waals surface area (Å²) in [5.41, 5.74) is -0.276. The average molecular weight is 346 g/mol. The molecule has 23 heavy (non-hydrogen) atoms. The lowest BCUT2D eigenvalue weighted by molar-refractivity contribution is -0.143. The fourth-order valence-corrected chi connectivity index (χ4v) is 4.65. The van der Waals surface area contributed by atoms with E-state index in [9.17, 15) is 13.2 Å². The van der Waals surface area contributed by atoms with Crippen LogP contribution < -0.4 is 0 Å². The third-order valence-electron chi connectivity index (χ3n) is 5.48. The highest BCUT2D eigenvalue weighted by atomic mass is 32.2. The van der Waals surface area contributed by atoms with Crippen LogP contribution in [0.15, 0.2) is 0 Å². The highest BCUT2D eigenvalue weighted by molar-refractivity contribution is 7.88. The van der Waals surface area contributed by atoms with Gasteiger partial charge in [-0.3, -0.25) is 4.79 Å². The fraction of sp³-hybridized carbons (Fsp3) is 0.933. The summed E-state index contributed by atoms with van der Waals surface area (Å²) < 4.78 is 36.4. The van der Waals surface area contributed by atoms with Crippen molar-refractivity contribution in [2.45, 2.75) is 37.4 Å². The van der Waals surface area contributed by atoms with E-state index in [0.717, 1.165) is 19.3 Å². The Bertz CT molecular complexity index is 555. The molecule has 1 amide bonds. The number of rotatable bonds is 4. The van der Waals surface area contributed by atoms with Crippen molar-refractivity contribution >= 4 is 15.9 Å². The lowest BCUT2D eigenvalue weighted by atomic mass is 9.77. The fourth-order valence-electron chi connectivity index (χ4n) is 3.78. The molecule has 0 radical (unpaired) electrons. The second-order valence-corrected chi connectivity index (χ2v) is 8.99. The van der Waals surface area contributed by atoms with E-state index in [1.54, 1.807) is 7.11 Å². The quantitative estimate of drug-likeness (QED) is 0.720. The predicted molar refractivity (Wildman–Crippen MR) is 84.4 cm³/mol. The third-order valence-corrected chi connectivity index (χ3v) is 6.75. The van der Waals surface area contributed by atoms with E-state index in [2.05, 4.69) is 0 Å². The number of fused-ring (bicyclic) bond motifs is 1. The molecule has 2 atom stereocenters. The van der Waals surface area contributed by atoms with Gasteiger partial charge >= 0.3 is 0 Å². The Morgan fingerprint density at radius 3 is 2.61 bits per heavy atom. The summed E-state index contributed by atoms with van der Waals surface area (Å²) in [5.74, 6) is 0.144.